The van der Waals surface area contributed by atoms with Gasteiger partial charge in [0, 0.05) is 26.8 Å². The van der Waals surface area contributed by atoms with Crippen LogP contribution in [0.1, 0.15) is 0 Å². The van der Waals surface area contributed by atoms with E-state index in [1.54, 1.807) is 23.3 Å². The summed E-state index contributed by atoms with van der Waals surface area (Å²) in [6.45, 7) is 0. The van der Waals surface area contributed by atoms with Crippen LogP contribution < -0.4 is 9.80 Å². The third-order valence-electron chi connectivity index (χ3n) is 3.81. The van der Waals surface area contributed by atoms with Crippen molar-refractivity contribution in [2.24, 2.45) is 0 Å². The van der Waals surface area contributed by atoms with Gasteiger partial charge in [-0.25, -0.2) is 0 Å². The minimum atomic E-state index is 0.259. The van der Waals surface area contributed by atoms with Crippen LogP contribution in [0.2, 0.25) is 0 Å². The van der Waals surface area contributed by atoms with Crippen molar-refractivity contribution in [3.63, 3.8) is 0 Å². The molecule has 136 valence electrons. The van der Waals surface area contributed by atoms with E-state index in [-0.39, 0.29) is 11.7 Å². The predicted molar refractivity (Wildman–Crippen MR) is 99.7 cm³/mol. The molecule has 27 heavy (non-hydrogen) atoms. The topological polar surface area (TPSA) is 97.2 Å². The van der Waals surface area contributed by atoms with Crippen LogP contribution in [0.25, 0.3) is 23.3 Å². The zero-order valence-electron chi connectivity index (χ0n) is 15.1. The van der Waals surface area contributed by atoms with Gasteiger partial charge in [0.25, 0.3) is 5.89 Å². The standard InChI is InChI=1S/C18H17N7O2/c1-24(2)17-20-14(15-19-16(27-23-15)13-10-7-11-26-13)21-18(22-17)25(3)12-8-5-4-6-9-12/h4-11H,1-3H3. The molecule has 1 aromatic carbocycles. The second kappa shape index (κ2) is 6.87. The minimum Gasteiger partial charge on any atom is -0.459 e. The summed E-state index contributed by atoms with van der Waals surface area (Å²) in [7, 11) is 5.60. The summed E-state index contributed by atoms with van der Waals surface area (Å²) in [4.78, 5) is 21.5. The number of nitrogens with zero attached hydrogens (tertiary/aromatic N) is 7. The number of furan rings is 1. The van der Waals surface area contributed by atoms with Crippen LogP contribution in [-0.2, 0) is 0 Å². The number of rotatable bonds is 5. The molecule has 0 atom stereocenters. The third kappa shape index (κ3) is 3.34. The molecule has 9 nitrogen and oxygen atoms in total. The monoisotopic (exact) mass is 363 g/mol. The van der Waals surface area contributed by atoms with Gasteiger partial charge in [0.05, 0.1) is 6.26 Å². The van der Waals surface area contributed by atoms with Crippen molar-refractivity contribution in [2.75, 3.05) is 30.9 Å². The van der Waals surface area contributed by atoms with E-state index in [4.69, 9.17) is 8.94 Å². The van der Waals surface area contributed by atoms with E-state index in [0.717, 1.165) is 5.69 Å². The lowest BCUT2D eigenvalue weighted by atomic mass is 10.3. The van der Waals surface area contributed by atoms with Crippen LogP contribution in [0.15, 0.2) is 57.7 Å². The highest BCUT2D eigenvalue weighted by molar-refractivity contribution is 5.60. The largest absolute Gasteiger partial charge is 0.459 e. The van der Waals surface area contributed by atoms with E-state index in [0.29, 0.717) is 23.5 Å². The maximum atomic E-state index is 5.28. The Morgan fingerprint density at radius 3 is 2.26 bits per heavy atom. The molecule has 0 saturated carbocycles. The van der Waals surface area contributed by atoms with Crippen LogP contribution in [0.3, 0.4) is 0 Å². The Balaban J connectivity index is 1.76. The van der Waals surface area contributed by atoms with Crippen LogP contribution in [0.4, 0.5) is 17.6 Å². The van der Waals surface area contributed by atoms with Gasteiger partial charge in [0.1, 0.15) is 0 Å². The average molecular weight is 363 g/mol. The molecule has 0 aliphatic carbocycles. The molecule has 0 radical (unpaired) electrons. The quantitative estimate of drug-likeness (QED) is 0.530. The van der Waals surface area contributed by atoms with Gasteiger partial charge in [-0.2, -0.15) is 19.9 Å². The first kappa shape index (κ1) is 16.7. The van der Waals surface area contributed by atoms with Gasteiger partial charge in [0.15, 0.2) is 5.76 Å². The Labute approximate surface area is 155 Å². The Morgan fingerprint density at radius 1 is 0.778 bits per heavy atom. The molecule has 4 rings (SSSR count). The highest BCUT2D eigenvalue weighted by Crippen LogP contribution is 2.25. The number of anilines is 3. The second-order valence-corrected chi connectivity index (χ2v) is 5.95. The fourth-order valence-electron chi connectivity index (χ4n) is 2.39. The molecule has 0 saturated heterocycles. The normalized spacial score (nSPS) is 10.8. The average Bonchev–Trinajstić information content (AvgIpc) is 3.39. The molecule has 0 aliphatic heterocycles. The number of aromatic nitrogens is 5. The molecule has 0 spiro atoms. The Bertz CT molecular complexity index is 1030. The molecular formula is C18H17N7O2. The fourth-order valence-corrected chi connectivity index (χ4v) is 2.39. The Hall–Kier alpha value is -3.75. The molecule has 9 heteroatoms. The number of hydrogen-bond acceptors (Lipinski definition) is 9. The summed E-state index contributed by atoms with van der Waals surface area (Å²) < 4.78 is 10.6. The van der Waals surface area contributed by atoms with Crippen molar-refractivity contribution < 1.29 is 8.94 Å². The number of para-hydroxylation sites is 1. The lowest BCUT2D eigenvalue weighted by Crippen LogP contribution is -2.19. The highest BCUT2D eigenvalue weighted by Gasteiger charge is 2.19. The molecular weight excluding hydrogens is 346 g/mol. The number of hydrogen-bond donors (Lipinski definition) is 0. The fraction of sp³-hybridized carbons (Fsp3) is 0.167. The molecule has 3 aromatic heterocycles. The Morgan fingerprint density at radius 2 is 1.56 bits per heavy atom. The molecule has 0 bridgehead atoms. The van der Waals surface area contributed by atoms with E-state index in [2.05, 4.69) is 25.1 Å². The molecule has 0 unspecified atom stereocenters. The zero-order chi connectivity index (χ0) is 18.8. The van der Waals surface area contributed by atoms with Crippen molar-refractivity contribution in [3.05, 3.63) is 48.7 Å². The van der Waals surface area contributed by atoms with E-state index >= 15 is 0 Å². The van der Waals surface area contributed by atoms with Gasteiger partial charge in [-0.05, 0) is 24.3 Å². The van der Waals surface area contributed by atoms with Crippen LogP contribution in [0.5, 0.6) is 0 Å². The van der Waals surface area contributed by atoms with Gasteiger partial charge in [-0.15, -0.1) is 0 Å². The van der Waals surface area contributed by atoms with E-state index < -0.39 is 0 Å². The highest BCUT2D eigenvalue weighted by atomic mass is 16.5. The van der Waals surface area contributed by atoms with Crippen molar-refractivity contribution >= 4 is 17.6 Å². The molecule has 0 N–H and O–H groups in total. The maximum absolute atomic E-state index is 5.28. The molecule has 4 aromatic rings. The second-order valence-electron chi connectivity index (χ2n) is 5.95. The summed E-state index contributed by atoms with van der Waals surface area (Å²) in [5.41, 5.74) is 0.948. The van der Waals surface area contributed by atoms with Crippen molar-refractivity contribution in [3.8, 4) is 23.3 Å². The SMILES string of the molecule is CN(C)c1nc(-c2noc(-c3ccco3)n2)nc(N(C)c2ccccc2)n1. The first-order valence-electron chi connectivity index (χ1n) is 8.22. The summed E-state index contributed by atoms with van der Waals surface area (Å²) in [5.74, 6) is 2.28. The van der Waals surface area contributed by atoms with Crippen LogP contribution in [-0.4, -0.2) is 46.2 Å². The predicted octanol–water partition coefficient (Wildman–Crippen LogP) is 3.02. The van der Waals surface area contributed by atoms with Crippen LogP contribution in [0, 0.1) is 0 Å². The maximum Gasteiger partial charge on any atom is 0.294 e. The summed E-state index contributed by atoms with van der Waals surface area (Å²) >= 11 is 0. The van der Waals surface area contributed by atoms with E-state index in [9.17, 15) is 0 Å². The third-order valence-corrected chi connectivity index (χ3v) is 3.81. The van der Waals surface area contributed by atoms with E-state index in [1.807, 2.05) is 56.4 Å². The van der Waals surface area contributed by atoms with Crippen molar-refractivity contribution in [2.45, 2.75) is 0 Å². The summed E-state index contributed by atoms with van der Waals surface area (Å²) in [6.07, 6.45) is 1.54. The van der Waals surface area contributed by atoms with Gasteiger partial charge < -0.3 is 18.7 Å². The lowest BCUT2D eigenvalue weighted by Gasteiger charge is -2.19. The molecule has 0 amide bonds. The van der Waals surface area contributed by atoms with Gasteiger partial charge in [0.2, 0.25) is 23.5 Å². The van der Waals surface area contributed by atoms with Gasteiger partial charge >= 0.3 is 0 Å². The van der Waals surface area contributed by atoms with E-state index in [1.165, 1.54) is 0 Å². The van der Waals surface area contributed by atoms with Crippen molar-refractivity contribution in [1.82, 2.24) is 25.1 Å². The van der Waals surface area contributed by atoms with Crippen LogP contribution >= 0.6 is 0 Å². The molecule has 0 aliphatic rings. The zero-order valence-corrected chi connectivity index (χ0v) is 15.1. The lowest BCUT2D eigenvalue weighted by molar-refractivity contribution is 0.416. The molecule has 3 heterocycles. The first-order chi connectivity index (χ1) is 13.1. The Kier molecular flexibility index (Phi) is 4.25. The van der Waals surface area contributed by atoms with Crippen molar-refractivity contribution in [1.29, 1.82) is 0 Å². The summed E-state index contributed by atoms with van der Waals surface area (Å²) in [6, 6.07) is 13.3. The minimum absolute atomic E-state index is 0.259. The summed E-state index contributed by atoms with van der Waals surface area (Å²) in [5, 5.41) is 3.98. The van der Waals surface area contributed by atoms with Gasteiger partial charge in [-0.1, -0.05) is 23.4 Å². The number of benzene rings is 1. The first-order valence-corrected chi connectivity index (χ1v) is 8.22. The van der Waals surface area contributed by atoms with Gasteiger partial charge in [-0.3, -0.25) is 0 Å². The smallest absolute Gasteiger partial charge is 0.294 e. The molecule has 0 fully saturated rings.